The number of carbonyl (C=O) groups is 1. The smallest absolute Gasteiger partial charge is 0.325 e. The van der Waals surface area contributed by atoms with Crippen molar-refractivity contribution in [2.75, 3.05) is 5.32 Å². The Balaban J connectivity index is 0.00000144. The van der Waals surface area contributed by atoms with Crippen LogP contribution in [0.1, 0.15) is 6.92 Å². The van der Waals surface area contributed by atoms with Crippen LogP contribution in [0, 0.1) is 0 Å². The lowest BCUT2D eigenvalue weighted by atomic mass is 10.1. The summed E-state index contributed by atoms with van der Waals surface area (Å²) in [6, 6.07) is 13.2. The molecule has 0 spiro atoms. The third kappa shape index (κ3) is 3.11. The van der Waals surface area contributed by atoms with Crippen LogP contribution in [0.2, 0.25) is 0 Å². The number of hydrogen-bond acceptors (Lipinski definition) is 2. The van der Waals surface area contributed by atoms with Crippen LogP contribution < -0.4 is 5.32 Å². The molecule has 0 aromatic heterocycles. The summed E-state index contributed by atoms with van der Waals surface area (Å²) in [5, 5.41) is 14.0. The first-order chi connectivity index (χ1) is 7.66. The van der Waals surface area contributed by atoms with E-state index in [1.54, 1.807) is 6.92 Å². The van der Waals surface area contributed by atoms with E-state index in [1.165, 1.54) is 0 Å². The molecule has 0 heterocycles. The predicted molar refractivity (Wildman–Crippen MR) is 71.9 cm³/mol. The summed E-state index contributed by atoms with van der Waals surface area (Å²) in [5.74, 6) is -0.854. The van der Waals surface area contributed by atoms with Crippen LogP contribution in [0.4, 0.5) is 5.69 Å². The molecule has 0 amide bonds. The van der Waals surface area contributed by atoms with E-state index in [9.17, 15) is 4.79 Å². The second kappa shape index (κ2) is 5.55. The highest BCUT2D eigenvalue weighted by molar-refractivity contribution is 5.86. The normalized spacial score (nSPS) is 11.6. The summed E-state index contributed by atoms with van der Waals surface area (Å²) in [5.41, 5.74) is 0.827. The number of halogens is 1. The molecule has 0 saturated heterocycles. The van der Waals surface area contributed by atoms with Gasteiger partial charge in [-0.05, 0) is 29.8 Å². The van der Waals surface area contributed by atoms with Crippen LogP contribution in [-0.2, 0) is 4.79 Å². The van der Waals surface area contributed by atoms with Crippen LogP contribution >= 0.6 is 12.4 Å². The van der Waals surface area contributed by atoms with E-state index in [0.29, 0.717) is 0 Å². The minimum atomic E-state index is -0.854. The molecular formula is C13H14ClNO2. The van der Waals surface area contributed by atoms with Gasteiger partial charge in [0.15, 0.2) is 0 Å². The fourth-order valence-electron chi connectivity index (χ4n) is 1.59. The molecule has 17 heavy (non-hydrogen) atoms. The maximum Gasteiger partial charge on any atom is 0.325 e. The van der Waals surface area contributed by atoms with E-state index in [0.717, 1.165) is 16.5 Å². The highest BCUT2D eigenvalue weighted by Gasteiger charge is 2.09. The van der Waals surface area contributed by atoms with Crippen molar-refractivity contribution in [3.63, 3.8) is 0 Å². The first-order valence-electron chi connectivity index (χ1n) is 5.15. The van der Waals surface area contributed by atoms with Gasteiger partial charge in [0.1, 0.15) is 6.04 Å². The number of nitrogens with one attached hydrogen (secondary N) is 1. The lowest BCUT2D eigenvalue weighted by Crippen LogP contribution is -2.25. The second-order valence-corrected chi connectivity index (χ2v) is 3.77. The molecule has 0 bridgehead atoms. The Morgan fingerprint density at radius 1 is 1.18 bits per heavy atom. The Bertz CT molecular complexity index is 528. The van der Waals surface area contributed by atoms with Gasteiger partial charge in [-0.1, -0.05) is 30.3 Å². The number of anilines is 1. The van der Waals surface area contributed by atoms with Crippen molar-refractivity contribution < 1.29 is 9.90 Å². The van der Waals surface area contributed by atoms with Gasteiger partial charge in [0, 0.05) is 5.69 Å². The molecule has 0 unspecified atom stereocenters. The lowest BCUT2D eigenvalue weighted by Gasteiger charge is -2.11. The summed E-state index contributed by atoms with van der Waals surface area (Å²) in [6.07, 6.45) is 0. The molecule has 0 aliphatic carbocycles. The number of carboxylic acid groups (broad SMARTS) is 1. The molecule has 1 atom stereocenters. The summed E-state index contributed by atoms with van der Waals surface area (Å²) in [7, 11) is 0. The van der Waals surface area contributed by atoms with E-state index in [-0.39, 0.29) is 12.4 Å². The highest BCUT2D eigenvalue weighted by Crippen LogP contribution is 2.19. The van der Waals surface area contributed by atoms with Gasteiger partial charge >= 0.3 is 5.97 Å². The molecule has 0 fully saturated rings. The fraction of sp³-hybridized carbons (Fsp3) is 0.154. The van der Waals surface area contributed by atoms with Crippen molar-refractivity contribution in [2.45, 2.75) is 13.0 Å². The van der Waals surface area contributed by atoms with Crippen molar-refractivity contribution in [1.82, 2.24) is 0 Å². The van der Waals surface area contributed by atoms with E-state index in [4.69, 9.17) is 5.11 Å². The van der Waals surface area contributed by atoms with Gasteiger partial charge in [0.05, 0.1) is 0 Å². The summed E-state index contributed by atoms with van der Waals surface area (Å²) in [6.45, 7) is 1.62. The molecule has 0 aliphatic rings. The third-order valence-electron chi connectivity index (χ3n) is 2.50. The Morgan fingerprint density at radius 2 is 1.82 bits per heavy atom. The fourth-order valence-corrected chi connectivity index (χ4v) is 1.59. The van der Waals surface area contributed by atoms with E-state index < -0.39 is 12.0 Å². The number of aliphatic carboxylic acids is 1. The highest BCUT2D eigenvalue weighted by atomic mass is 35.5. The SMILES string of the molecule is C[C@H](Nc1ccc2ccccc2c1)C(=O)O.Cl. The van der Waals surface area contributed by atoms with Crippen molar-refractivity contribution in [3.05, 3.63) is 42.5 Å². The second-order valence-electron chi connectivity index (χ2n) is 3.77. The average molecular weight is 252 g/mol. The quantitative estimate of drug-likeness (QED) is 0.881. The van der Waals surface area contributed by atoms with E-state index >= 15 is 0 Å². The number of fused-ring (bicyclic) bond motifs is 1. The summed E-state index contributed by atoms with van der Waals surface area (Å²) in [4.78, 5) is 10.7. The first-order valence-corrected chi connectivity index (χ1v) is 5.15. The van der Waals surface area contributed by atoms with Gasteiger partial charge in [0.2, 0.25) is 0 Å². The molecule has 0 radical (unpaired) electrons. The van der Waals surface area contributed by atoms with Crippen molar-refractivity contribution in [1.29, 1.82) is 0 Å². The largest absolute Gasteiger partial charge is 0.480 e. The third-order valence-corrected chi connectivity index (χ3v) is 2.50. The van der Waals surface area contributed by atoms with Crippen LogP contribution in [0.3, 0.4) is 0 Å². The van der Waals surface area contributed by atoms with E-state index in [1.807, 2.05) is 42.5 Å². The number of benzene rings is 2. The van der Waals surface area contributed by atoms with Crippen molar-refractivity contribution >= 4 is 34.8 Å². The Hall–Kier alpha value is -1.74. The van der Waals surface area contributed by atoms with Gasteiger partial charge in [-0.2, -0.15) is 0 Å². The van der Waals surface area contributed by atoms with Gasteiger partial charge in [-0.15, -0.1) is 12.4 Å². The number of rotatable bonds is 3. The average Bonchev–Trinajstić information content (AvgIpc) is 2.28. The van der Waals surface area contributed by atoms with Crippen molar-refractivity contribution in [2.24, 2.45) is 0 Å². The molecule has 0 saturated carbocycles. The van der Waals surface area contributed by atoms with Crippen molar-refractivity contribution in [3.8, 4) is 0 Å². The monoisotopic (exact) mass is 251 g/mol. The Kier molecular flexibility index (Phi) is 4.35. The van der Waals surface area contributed by atoms with Crippen LogP contribution in [0.15, 0.2) is 42.5 Å². The Labute approximate surface area is 106 Å². The zero-order valence-corrected chi connectivity index (χ0v) is 10.2. The molecule has 2 rings (SSSR count). The number of carboxylic acids is 1. The maximum atomic E-state index is 10.7. The topological polar surface area (TPSA) is 49.3 Å². The van der Waals surface area contributed by atoms with Crippen LogP contribution in [0.5, 0.6) is 0 Å². The summed E-state index contributed by atoms with van der Waals surface area (Å²) < 4.78 is 0. The molecule has 2 aromatic carbocycles. The van der Waals surface area contributed by atoms with Gasteiger partial charge in [-0.3, -0.25) is 4.79 Å². The van der Waals surface area contributed by atoms with Gasteiger partial charge in [0.25, 0.3) is 0 Å². The number of hydrogen-bond donors (Lipinski definition) is 2. The lowest BCUT2D eigenvalue weighted by molar-refractivity contribution is -0.137. The first kappa shape index (κ1) is 13.3. The molecule has 90 valence electrons. The standard InChI is InChI=1S/C13H13NO2.ClH/c1-9(13(15)16)14-12-7-6-10-4-2-3-5-11(10)8-12;/h2-9,14H,1H3,(H,15,16);1H/t9-;/m0./s1. The molecule has 0 aliphatic heterocycles. The minimum Gasteiger partial charge on any atom is -0.480 e. The maximum absolute atomic E-state index is 10.7. The van der Waals surface area contributed by atoms with Crippen LogP contribution in [0.25, 0.3) is 10.8 Å². The minimum absolute atomic E-state index is 0. The molecule has 3 nitrogen and oxygen atoms in total. The summed E-state index contributed by atoms with van der Waals surface area (Å²) >= 11 is 0. The van der Waals surface area contributed by atoms with Crippen LogP contribution in [-0.4, -0.2) is 17.1 Å². The molecule has 2 aromatic rings. The Morgan fingerprint density at radius 3 is 2.47 bits per heavy atom. The van der Waals surface area contributed by atoms with E-state index in [2.05, 4.69) is 5.32 Å². The van der Waals surface area contributed by atoms with Gasteiger partial charge in [-0.25, -0.2) is 0 Å². The molecule has 4 heteroatoms. The zero-order chi connectivity index (χ0) is 11.5. The molecule has 2 N–H and O–H groups in total. The van der Waals surface area contributed by atoms with Gasteiger partial charge < -0.3 is 10.4 Å². The molecular weight excluding hydrogens is 238 g/mol. The predicted octanol–water partition coefficient (Wildman–Crippen LogP) is 3.15. The zero-order valence-electron chi connectivity index (χ0n) is 9.38.